The second-order valence-electron chi connectivity index (χ2n) is 5.02. The molecule has 0 aromatic heterocycles. The normalized spacial score (nSPS) is 9.96. The van der Waals surface area contributed by atoms with Gasteiger partial charge < -0.3 is 14.8 Å². The van der Waals surface area contributed by atoms with E-state index in [4.69, 9.17) is 9.47 Å². The minimum absolute atomic E-state index is 0.144. The Morgan fingerprint density at radius 2 is 1.70 bits per heavy atom. The molecule has 120 valence electrons. The number of benzene rings is 2. The highest BCUT2D eigenvalue weighted by Gasteiger charge is 2.07. The second kappa shape index (κ2) is 8.58. The Kier molecular flexibility index (Phi) is 6.17. The average Bonchev–Trinajstić information content (AvgIpc) is 2.58. The molecule has 2 aromatic carbocycles. The summed E-state index contributed by atoms with van der Waals surface area (Å²) in [6, 6.07) is 16.7. The molecule has 2 aromatic rings. The van der Waals surface area contributed by atoms with Crippen molar-refractivity contribution in [2.24, 2.45) is 0 Å². The lowest BCUT2D eigenvalue weighted by Crippen LogP contribution is -2.34. The zero-order chi connectivity index (χ0) is 16.5. The molecule has 0 bridgehead atoms. The lowest BCUT2D eigenvalue weighted by atomic mass is 10.2. The topological polar surface area (TPSA) is 64.6 Å². The van der Waals surface area contributed by atoms with Gasteiger partial charge in [0.1, 0.15) is 18.9 Å². The van der Waals surface area contributed by atoms with E-state index in [0.717, 1.165) is 11.1 Å². The summed E-state index contributed by atoms with van der Waals surface area (Å²) in [5, 5.41) is 2.46. The Bertz CT molecular complexity index is 638. The summed E-state index contributed by atoms with van der Waals surface area (Å²) >= 11 is 0. The van der Waals surface area contributed by atoms with E-state index >= 15 is 0 Å². The molecular weight excluding hydrogens is 294 g/mol. The van der Waals surface area contributed by atoms with Crippen LogP contribution in [-0.2, 0) is 20.9 Å². The van der Waals surface area contributed by atoms with Crippen LogP contribution in [0.5, 0.6) is 5.75 Å². The summed E-state index contributed by atoms with van der Waals surface area (Å²) in [7, 11) is 0. The Balaban J connectivity index is 1.63. The SMILES string of the molecule is Cc1ccc(OCC(=O)NCC(=O)OCc2ccccc2)cc1. The van der Waals surface area contributed by atoms with E-state index in [-0.39, 0.29) is 25.7 Å². The molecule has 5 heteroatoms. The summed E-state index contributed by atoms with van der Waals surface area (Å²) in [6.45, 7) is 1.84. The summed E-state index contributed by atoms with van der Waals surface area (Å²) < 4.78 is 10.4. The Labute approximate surface area is 135 Å². The molecule has 0 aliphatic carbocycles. The second-order valence-corrected chi connectivity index (χ2v) is 5.02. The lowest BCUT2D eigenvalue weighted by Gasteiger charge is -2.08. The number of ether oxygens (including phenoxy) is 2. The lowest BCUT2D eigenvalue weighted by molar-refractivity contribution is -0.145. The maximum Gasteiger partial charge on any atom is 0.325 e. The molecule has 0 fully saturated rings. The molecule has 0 radical (unpaired) electrons. The van der Waals surface area contributed by atoms with Crippen molar-refractivity contribution in [1.29, 1.82) is 0 Å². The Hall–Kier alpha value is -2.82. The quantitative estimate of drug-likeness (QED) is 0.796. The molecule has 2 rings (SSSR count). The zero-order valence-electron chi connectivity index (χ0n) is 13.0. The third kappa shape index (κ3) is 6.22. The standard InChI is InChI=1S/C18H19NO4/c1-14-7-9-16(10-8-14)22-13-17(20)19-11-18(21)23-12-15-5-3-2-4-6-15/h2-10H,11-13H2,1H3,(H,19,20). The number of esters is 1. The van der Waals surface area contributed by atoms with Gasteiger partial charge in [-0.3, -0.25) is 9.59 Å². The monoisotopic (exact) mass is 313 g/mol. The third-order valence-corrected chi connectivity index (χ3v) is 3.06. The molecule has 0 aliphatic heterocycles. The molecule has 5 nitrogen and oxygen atoms in total. The van der Waals surface area contributed by atoms with Crippen LogP contribution in [0.4, 0.5) is 0 Å². The van der Waals surface area contributed by atoms with Crippen LogP contribution in [0.15, 0.2) is 54.6 Å². The van der Waals surface area contributed by atoms with Crippen LogP contribution in [0.1, 0.15) is 11.1 Å². The molecule has 0 spiro atoms. The summed E-state index contributed by atoms with van der Waals surface area (Å²) in [5.41, 5.74) is 2.01. The Morgan fingerprint density at radius 3 is 2.39 bits per heavy atom. The number of carbonyl (C=O) groups excluding carboxylic acids is 2. The average molecular weight is 313 g/mol. The highest BCUT2D eigenvalue weighted by Crippen LogP contribution is 2.10. The molecule has 0 saturated heterocycles. The van der Waals surface area contributed by atoms with Gasteiger partial charge in [-0.2, -0.15) is 0 Å². The van der Waals surface area contributed by atoms with Gasteiger partial charge in [-0.05, 0) is 24.6 Å². The predicted octanol–water partition coefficient (Wildman–Crippen LogP) is 2.23. The smallest absolute Gasteiger partial charge is 0.325 e. The maximum atomic E-state index is 11.6. The first-order chi connectivity index (χ1) is 11.1. The van der Waals surface area contributed by atoms with Crippen molar-refractivity contribution < 1.29 is 19.1 Å². The van der Waals surface area contributed by atoms with Crippen LogP contribution in [0.25, 0.3) is 0 Å². The number of rotatable bonds is 7. The van der Waals surface area contributed by atoms with Crippen LogP contribution in [0, 0.1) is 6.92 Å². The third-order valence-electron chi connectivity index (χ3n) is 3.06. The van der Waals surface area contributed by atoms with Crippen molar-refractivity contribution in [1.82, 2.24) is 5.32 Å². The molecule has 1 N–H and O–H groups in total. The van der Waals surface area contributed by atoms with Crippen molar-refractivity contribution in [2.45, 2.75) is 13.5 Å². The molecule has 0 aliphatic rings. The molecule has 0 heterocycles. The fourth-order valence-corrected chi connectivity index (χ4v) is 1.79. The molecule has 0 unspecified atom stereocenters. The predicted molar refractivity (Wildman–Crippen MR) is 85.9 cm³/mol. The number of hydrogen-bond acceptors (Lipinski definition) is 4. The fourth-order valence-electron chi connectivity index (χ4n) is 1.79. The van der Waals surface area contributed by atoms with Crippen molar-refractivity contribution in [2.75, 3.05) is 13.2 Å². The number of aryl methyl sites for hydroxylation is 1. The summed E-state index contributed by atoms with van der Waals surface area (Å²) in [6.07, 6.45) is 0. The van der Waals surface area contributed by atoms with E-state index < -0.39 is 5.97 Å². The van der Waals surface area contributed by atoms with E-state index in [9.17, 15) is 9.59 Å². The number of carbonyl (C=O) groups is 2. The highest BCUT2D eigenvalue weighted by molar-refractivity contribution is 5.82. The maximum absolute atomic E-state index is 11.6. The molecular formula is C18H19NO4. The van der Waals surface area contributed by atoms with Gasteiger partial charge in [0, 0.05) is 0 Å². The van der Waals surface area contributed by atoms with Crippen LogP contribution < -0.4 is 10.1 Å². The van der Waals surface area contributed by atoms with Gasteiger partial charge in [-0.25, -0.2) is 0 Å². The van der Waals surface area contributed by atoms with E-state index in [0.29, 0.717) is 5.75 Å². The van der Waals surface area contributed by atoms with Crippen molar-refractivity contribution in [3.8, 4) is 5.75 Å². The van der Waals surface area contributed by atoms with E-state index in [1.165, 1.54) is 0 Å². The molecule has 23 heavy (non-hydrogen) atoms. The van der Waals surface area contributed by atoms with Crippen LogP contribution in [0.3, 0.4) is 0 Å². The largest absolute Gasteiger partial charge is 0.484 e. The van der Waals surface area contributed by atoms with E-state index in [1.807, 2.05) is 49.4 Å². The summed E-state index contributed by atoms with van der Waals surface area (Å²) in [4.78, 5) is 23.2. The van der Waals surface area contributed by atoms with Gasteiger partial charge in [0.2, 0.25) is 0 Å². The van der Waals surface area contributed by atoms with Gasteiger partial charge in [0.15, 0.2) is 6.61 Å². The molecule has 0 saturated carbocycles. The number of hydrogen-bond donors (Lipinski definition) is 1. The van der Waals surface area contributed by atoms with Gasteiger partial charge in [0.25, 0.3) is 5.91 Å². The first-order valence-electron chi connectivity index (χ1n) is 7.29. The van der Waals surface area contributed by atoms with Crippen LogP contribution >= 0.6 is 0 Å². The first-order valence-corrected chi connectivity index (χ1v) is 7.29. The van der Waals surface area contributed by atoms with E-state index in [1.54, 1.807) is 12.1 Å². The van der Waals surface area contributed by atoms with Gasteiger partial charge in [-0.15, -0.1) is 0 Å². The Morgan fingerprint density at radius 1 is 1.00 bits per heavy atom. The number of nitrogens with one attached hydrogen (secondary N) is 1. The van der Waals surface area contributed by atoms with Crippen LogP contribution in [0.2, 0.25) is 0 Å². The van der Waals surface area contributed by atoms with Crippen LogP contribution in [-0.4, -0.2) is 25.0 Å². The van der Waals surface area contributed by atoms with Gasteiger partial charge in [-0.1, -0.05) is 48.0 Å². The minimum Gasteiger partial charge on any atom is -0.484 e. The zero-order valence-corrected chi connectivity index (χ0v) is 13.0. The minimum atomic E-state index is -0.488. The van der Waals surface area contributed by atoms with Crippen molar-refractivity contribution in [3.63, 3.8) is 0 Å². The fraction of sp³-hybridized carbons (Fsp3) is 0.222. The summed E-state index contributed by atoms with van der Waals surface area (Å²) in [5.74, 6) is -0.253. The van der Waals surface area contributed by atoms with E-state index in [2.05, 4.69) is 5.32 Å². The first kappa shape index (κ1) is 16.5. The van der Waals surface area contributed by atoms with Crippen molar-refractivity contribution in [3.05, 3.63) is 65.7 Å². The van der Waals surface area contributed by atoms with Gasteiger partial charge >= 0.3 is 5.97 Å². The number of amides is 1. The molecule has 1 amide bonds. The van der Waals surface area contributed by atoms with Gasteiger partial charge in [0.05, 0.1) is 0 Å². The highest BCUT2D eigenvalue weighted by atomic mass is 16.5. The molecule has 0 atom stereocenters. The van der Waals surface area contributed by atoms with Crippen molar-refractivity contribution >= 4 is 11.9 Å².